The van der Waals surface area contributed by atoms with Crippen LogP contribution in [0.4, 0.5) is 11.4 Å². The van der Waals surface area contributed by atoms with Crippen molar-refractivity contribution in [3.63, 3.8) is 0 Å². The van der Waals surface area contributed by atoms with E-state index in [9.17, 15) is 20.0 Å². The number of piperidine rings is 1. The van der Waals surface area contributed by atoms with Crippen molar-refractivity contribution in [2.45, 2.75) is 39.0 Å². The van der Waals surface area contributed by atoms with E-state index in [2.05, 4.69) is 11.8 Å². The summed E-state index contributed by atoms with van der Waals surface area (Å²) in [6, 6.07) is 12.7. The summed E-state index contributed by atoms with van der Waals surface area (Å²) in [5.74, 6) is -0.716. The molecule has 1 aromatic heterocycles. The minimum atomic E-state index is -0.954. The summed E-state index contributed by atoms with van der Waals surface area (Å²) in [4.78, 5) is 30.8. The van der Waals surface area contributed by atoms with E-state index in [0.29, 0.717) is 34.3 Å². The molecule has 2 aliphatic rings. The molecule has 0 amide bonds. The summed E-state index contributed by atoms with van der Waals surface area (Å²) in [6.07, 6.45) is 6.56. The number of pyridine rings is 1. The van der Waals surface area contributed by atoms with Crippen molar-refractivity contribution < 1.29 is 14.8 Å². The van der Waals surface area contributed by atoms with Crippen LogP contribution in [0.3, 0.4) is 0 Å². The van der Waals surface area contributed by atoms with Gasteiger partial charge in [-0.05, 0) is 72.9 Å². The fourth-order valence-electron chi connectivity index (χ4n) is 5.36. The number of para-hydroxylation sites is 1. The van der Waals surface area contributed by atoms with Gasteiger partial charge < -0.3 is 10.0 Å². The van der Waals surface area contributed by atoms with Gasteiger partial charge in [0.2, 0.25) is 0 Å². The van der Waals surface area contributed by atoms with Crippen molar-refractivity contribution in [3.8, 4) is 0 Å². The largest absolute Gasteiger partial charge is 0.478 e. The number of nitrogens with zero attached hydrogens (tertiary/aromatic N) is 3. The lowest BCUT2D eigenvalue weighted by molar-refractivity contribution is -0.384. The number of allylic oxidation sites excluding steroid dienone is 1. The van der Waals surface area contributed by atoms with Gasteiger partial charge in [-0.2, -0.15) is 0 Å². The topological polar surface area (TPSA) is 96.6 Å². The Morgan fingerprint density at radius 3 is 2.65 bits per heavy atom. The Labute approximate surface area is 197 Å². The summed E-state index contributed by atoms with van der Waals surface area (Å²) < 4.78 is 0. The number of benzene rings is 2. The van der Waals surface area contributed by atoms with Gasteiger partial charge in [0.05, 0.1) is 21.7 Å². The smallest absolute Gasteiger partial charge is 0.336 e. The lowest BCUT2D eigenvalue weighted by atomic mass is 9.80. The zero-order valence-electron chi connectivity index (χ0n) is 19.2. The van der Waals surface area contributed by atoms with Crippen LogP contribution in [-0.2, 0) is 6.42 Å². The molecular weight excluding hydrogens is 430 g/mol. The van der Waals surface area contributed by atoms with Crippen LogP contribution in [0.1, 0.15) is 59.8 Å². The molecule has 1 atom stereocenters. The molecule has 1 unspecified atom stereocenters. The quantitative estimate of drug-likeness (QED) is 0.384. The van der Waals surface area contributed by atoms with Gasteiger partial charge in [-0.15, -0.1) is 0 Å². The van der Waals surface area contributed by atoms with Crippen molar-refractivity contribution >= 4 is 39.9 Å². The summed E-state index contributed by atoms with van der Waals surface area (Å²) in [6.45, 7) is 3.77. The fourth-order valence-corrected chi connectivity index (χ4v) is 5.36. The van der Waals surface area contributed by atoms with Gasteiger partial charge in [0.15, 0.2) is 0 Å². The third kappa shape index (κ3) is 4.02. The number of aromatic nitrogens is 1. The molecule has 1 saturated heterocycles. The predicted octanol–water partition coefficient (Wildman–Crippen LogP) is 5.95. The third-order valence-corrected chi connectivity index (χ3v) is 6.87. The van der Waals surface area contributed by atoms with E-state index in [1.165, 1.54) is 0 Å². The average Bonchev–Trinajstić information content (AvgIpc) is 2.83. The van der Waals surface area contributed by atoms with Crippen LogP contribution >= 0.6 is 0 Å². The highest BCUT2D eigenvalue weighted by Gasteiger charge is 2.28. The first-order chi connectivity index (χ1) is 16.4. The van der Waals surface area contributed by atoms with Crippen LogP contribution in [-0.4, -0.2) is 34.1 Å². The maximum absolute atomic E-state index is 12.2. The van der Waals surface area contributed by atoms with E-state index in [1.54, 1.807) is 12.1 Å². The van der Waals surface area contributed by atoms with E-state index in [0.717, 1.165) is 55.5 Å². The van der Waals surface area contributed by atoms with Gasteiger partial charge in [0.25, 0.3) is 5.69 Å². The van der Waals surface area contributed by atoms with E-state index in [4.69, 9.17) is 4.98 Å². The Bertz CT molecular complexity index is 1320. The molecule has 7 nitrogen and oxygen atoms in total. The van der Waals surface area contributed by atoms with Gasteiger partial charge in [-0.1, -0.05) is 31.2 Å². The highest BCUT2D eigenvalue weighted by Crippen LogP contribution is 2.39. The average molecular weight is 458 g/mol. The number of aromatic carboxylic acids is 1. The van der Waals surface area contributed by atoms with Crippen molar-refractivity contribution in [1.29, 1.82) is 0 Å². The minimum Gasteiger partial charge on any atom is -0.478 e. The Morgan fingerprint density at radius 2 is 1.91 bits per heavy atom. The Balaban J connectivity index is 1.63. The molecule has 5 rings (SSSR count). The molecule has 34 heavy (non-hydrogen) atoms. The molecule has 0 saturated carbocycles. The van der Waals surface area contributed by atoms with Crippen molar-refractivity contribution in [2.75, 3.05) is 18.0 Å². The van der Waals surface area contributed by atoms with Gasteiger partial charge in [0.1, 0.15) is 5.69 Å². The molecule has 1 aliphatic carbocycles. The normalized spacial score (nSPS) is 19.3. The highest BCUT2D eigenvalue weighted by atomic mass is 16.6. The molecule has 2 heterocycles. The van der Waals surface area contributed by atoms with Crippen molar-refractivity contribution in [1.82, 2.24) is 4.98 Å². The number of hydrogen-bond acceptors (Lipinski definition) is 5. The third-order valence-electron chi connectivity index (χ3n) is 6.87. The van der Waals surface area contributed by atoms with Crippen molar-refractivity contribution in [3.05, 3.63) is 75.0 Å². The molecule has 0 bridgehead atoms. The first kappa shape index (κ1) is 22.1. The number of rotatable bonds is 4. The molecular formula is C27H27N3O4. The lowest BCUT2D eigenvalue weighted by Crippen LogP contribution is -2.29. The van der Waals surface area contributed by atoms with E-state index < -0.39 is 5.97 Å². The Morgan fingerprint density at radius 1 is 1.15 bits per heavy atom. The monoisotopic (exact) mass is 457 g/mol. The number of carbonyl (C=O) groups is 1. The molecule has 2 aromatic carbocycles. The second-order valence-electron chi connectivity index (χ2n) is 9.37. The standard InChI is InChI=1S/C27H27N3O4/c1-17-13-19(26-21(14-17)25(27(31)32)20-7-3-4-8-22(20)28-26)15-18-9-10-23(24(16-18)30(33)34)29-11-5-2-6-12-29/h3-4,7-10,15-17H,2,5-6,11-14H2,1H3,(H,31,32)/b19-15-. The first-order valence-electron chi connectivity index (χ1n) is 11.8. The predicted molar refractivity (Wildman–Crippen MR) is 133 cm³/mol. The van der Waals surface area contributed by atoms with Crippen LogP contribution in [0.5, 0.6) is 0 Å². The van der Waals surface area contributed by atoms with E-state index >= 15 is 0 Å². The van der Waals surface area contributed by atoms with Gasteiger partial charge in [-0.3, -0.25) is 10.1 Å². The van der Waals surface area contributed by atoms with Gasteiger partial charge in [0, 0.05) is 24.5 Å². The van der Waals surface area contributed by atoms with Crippen molar-refractivity contribution in [2.24, 2.45) is 5.92 Å². The zero-order valence-corrected chi connectivity index (χ0v) is 19.2. The summed E-state index contributed by atoms with van der Waals surface area (Å²) in [5.41, 5.74) is 4.82. The molecule has 1 fully saturated rings. The van der Waals surface area contributed by atoms with E-state index in [1.807, 2.05) is 36.4 Å². The lowest BCUT2D eigenvalue weighted by Gasteiger charge is -2.28. The summed E-state index contributed by atoms with van der Waals surface area (Å²) >= 11 is 0. The van der Waals surface area contributed by atoms with Gasteiger partial charge >= 0.3 is 5.97 Å². The summed E-state index contributed by atoms with van der Waals surface area (Å²) in [7, 11) is 0. The second-order valence-corrected chi connectivity index (χ2v) is 9.37. The Kier molecular flexibility index (Phi) is 5.77. The number of nitro benzene ring substituents is 1. The minimum absolute atomic E-state index is 0.109. The molecule has 0 spiro atoms. The molecule has 0 radical (unpaired) electrons. The number of carboxylic acids is 1. The van der Waals surface area contributed by atoms with Gasteiger partial charge in [-0.25, -0.2) is 9.78 Å². The number of anilines is 1. The summed E-state index contributed by atoms with van der Waals surface area (Å²) in [5, 5.41) is 22.6. The van der Waals surface area contributed by atoms with Crippen LogP contribution in [0.25, 0.3) is 22.6 Å². The highest BCUT2D eigenvalue weighted by molar-refractivity contribution is 6.06. The molecule has 174 valence electrons. The maximum atomic E-state index is 12.2. The maximum Gasteiger partial charge on any atom is 0.336 e. The fraction of sp³-hybridized carbons (Fsp3) is 0.333. The van der Waals surface area contributed by atoms with Crippen LogP contribution < -0.4 is 4.90 Å². The number of carboxylic acid groups (broad SMARTS) is 1. The van der Waals surface area contributed by atoms with Crippen LogP contribution in [0, 0.1) is 16.0 Å². The van der Waals surface area contributed by atoms with Crippen LogP contribution in [0.15, 0.2) is 42.5 Å². The number of fused-ring (bicyclic) bond motifs is 2. The molecule has 7 heteroatoms. The zero-order chi connectivity index (χ0) is 23.8. The van der Waals surface area contributed by atoms with Crippen LogP contribution in [0.2, 0.25) is 0 Å². The van der Waals surface area contributed by atoms with E-state index in [-0.39, 0.29) is 16.5 Å². The number of nitro groups is 1. The Hall–Kier alpha value is -3.74. The molecule has 1 N–H and O–H groups in total. The molecule has 1 aliphatic heterocycles. The number of hydrogen-bond donors (Lipinski definition) is 1. The first-order valence-corrected chi connectivity index (χ1v) is 11.8. The molecule has 3 aromatic rings. The second kappa shape index (κ2) is 8.89. The SMILES string of the molecule is CC1C/C(=C/c2ccc(N3CCCCC3)c([N+](=O)[O-])c2)c2nc3ccccc3c(C(=O)O)c2C1.